The van der Waals surface area contributed by atoms with Crippen LogP contribution in [0, 0.1) is 0 Å². The molecule has 2 aromatic heterocycles. The molecular formula is C8H10N4S. The zero-order valence-corrected chi connectivity index (χ0v) is 8.06. The van der Waals surface area contributed by atoms with Crippen LogP contribution in [-0.2, 0) is 6.42 Å². The average molecular weight is 194 g/mol. The minimum absolute atomic E-state index is 0.245. The SMILES string of the molecule is CCc1cc2c(N)nc(N)nc2s1. The molecular weight excluding hydrogens is 184 g/mol. The summed E-state index contributed by atoms with van der Waals surface area (Å²) in [6.07, 6.45) is 0.986. The number of fused-ring (bicyclic) bond motifs is 1. The van der Waals surface area contributed by atoms with Gasteiger partial charge in [0.15, 0.2) is 0 Å². The van der Waals surface area contributed by atoms with E-state index < -0.39 is 0 Å². The van der Waals surface area contributed by atoms with E-state index in [1.807, 2.05) is 6.07 Å². The van der Waals surface area contributed by atoms with E-state index in [1.54, 1.807) is 11.3 Å². The first-order valence-corrected chi connectivity index (χ1v) is 4.83. The second kappa shape index (κ2) is 2.85. The first-order valence-electron chi connectivity index (χ1n) is 4.02. The fraction of sp³-hybridized carbons (Fsp3) is 0.250. The lowest BCUT2D eigenvalue weighted by atomic mass is 10.3. The second-order valence-electron chi connectivity index (χ2n) is 2.75. The summed E-state index contributed by atoms with van der Waals surface area (Å²) >= 11 is 1.61. The van der Waals surface area contributed by atoms with Crippen molar-refractivity contribution in [3.05, 3.63) is 10.9 Å². The van der Waals surface area contributed by atoms with Crippen molar-refractivity contribution in [1.82, 2.24) is 9.97 Å². The molecule has 4 nitrogen and oxygen atoms in total. The smallest absolute Gasteiger partial charge is 0.223 e. The van der Waals surface area contributed by atoms with Gasteiger partial charge < -0.3 is 11.5 Å². The first-order chi connectivity index (χ1) is 6.20. The Morgan fingerprint density at radius 2 is 2.15 bits per heavy atom. The van der Waals surface area contributed by atoms with Crippen LogP contribution in [0.5, 0.6) is 0 Å². The van der Waals surface area contributed by atoms with Crippen LogP contribution >= 0.6 is 11.3 Å². The largest absolute Gasteiger partial charge is 0.383 e. The molecule has 0 aliphatic heterocycles. The lowest BCUT2D eigenvalue weighted by Crippen LogP contribution is -1.98. The third kappa shape index (κ3) is 1.31. The van der Waals surface area contributed by atoms with E-state index in [-0.39, 0.29) is 5.95 Å². The summed E-state index contributed by atoms with van der Waals surface area (Å²) in [5, 5.41) is 0.913. The van der Waals surface area contributed by atoms with E-state index in [0.29, 0.717) is 5.82 Å². The number of thiophene rings is 1. The molecule has 0 bridgehead atoms. The molecule has 0 aliphatic rings. The Bertz CT molecular complexity index is 449. The number of hydrogen-bond acceptors (Lipinski definition) is 5. The lowest BCUT2D eigenvalue weighted by molar-refractivity contribution is 1.19. The number of aryl methyl sites for hydroxylation is 1. The topological polar surface area (TPSA) is 77.8 Å². The summed E-state index contributed by atoms with van der Waals surface area (Å²) in [4.78, 5) is 10.1. The molecule has 4 N–H and O–H groups in total. The maximum absolute atomic E-state index is 5.70. The normalized spacial score (nSPS) is 10.8. The van der Waals surface area contributed by atoms with Gasteiger partial charge >= 0.3 is 0 Å². The third-order valence-corrected chi connectivity index (χ3v) is 3.01. The van der Waals surface area contributed by atoms with E-state index in [4.69, 9.17) is 11.5 Å². The van der Waals surface area contributed by atoms with Crippen LogP contribution in [0.3, 0.4) is 0 Å². The number of aromatic nitrogens is 2. The van der Waals surface area contributed by atoms with Crippen LogP contribution in [0.2, 0.25) is 0 Å². The highest BCUT2D eigenvalue weighted by atomic mass is 32.1. The van der Waals surface area contributed by atoms with Crippen molar-refractivity contribution in [2.24, 2.45) is 0 Å². The summed E-state index contributed by atoms with van der Waals surface area (Å²) in [5.74, 6) is 0.716. The molecule has 5 heteroatoms. The van der Waals surface area contributed by atoms with Crippen molar-refractivity contribution in [1.29, 1.82) is 0 Å². The molecule has 13 heavy (non-hydrogen) atoms. The van der Waals surface area contributed by atoms with Crippen LogP contribution in [0.1, 0.15) is 11.8 Å². The van der Waals surface area contributed by atoms with E-state index in [2.05, 4.69) is 16.9 Å². The van der Waals surface area contributed by atoms with Gasteiger partial charge in [-0.3, -0.25) is 0 Å². The molecule has 2 heterocycles. The Hall–Kier alpha value is -1.36. The summed E-state index contributed by atoms with van der Waals surface area (Å²) < 4.78 is 0. The van der Waals surface area contributed by atoms with Gasteiger partial charge in [0.2, 0.25) is 5.95 Å². The Morgan fingerprint density at radius 3 is 2.85 bits per heavy atom. The van der Waals surface area contributed by atoms with E-state index >= 15 is 0 Å². The molecule has 0 saturated carbocycles. The van der Waals surface area contributed by atoms with Gasteiger partial charge in [0.1, 0.15) is 10.6 Å². The maximum atomic E-state index is 5.70. The molecule has 68 valence electrons. The Kier molecular flexibility index (Phi) is 1.81. The highest BCUT2D eigenvalue weighted by Crippen LogP contribution is 2.27. The monoisotopic (exact) mass is 194 g/mol. The van der Waals surface area contributed by atoms with Gasteiger partial charge in [0.05, 0.1) is 5.39 Å². The minimum atomic E-state index is 0.245. The summed E-state index contributed by atoms with van der Waals surface area (Å²) in [6, 6.07) is 2.02. The van der Waals surface area contributed by atoms with Gasteiger partial charge in [-0.15, -0.1) is 11.3 Å². The van der Waals surface area contributed by atoms with Crippen molar-refractivity contribution in [3.63, 3.8) is 0 Å². The standard InChI is InChI=1S/C8H10N4S/c1-2-4-3-5-6(9)11-8(10)12-7(5)13-4/h3H,2H2,1H3,(H4,9,10,11,12). The Labute approximate surface area is 79.6 Å². The van der Waals surface area contributed by atoms with Crippen molar-refractivity contribution >= 4 is 33.3 Å². The number of anilines is 2. The lowest BCUT2D eigenvalue weighted by Gasteiger charge is -1.95. The number of rotatable bonds is 1. The van der Waals surface area contributed by atoms with Gasteiger partial charge in [0, 0.05) is 4.88 Å². The molecule has 0 amide bonds. The molecule has 0 saturated heterocycles. The summed E-state index contributed by atoms with van der Waals surface area (Å²) in [7, 11) is 0. The van der Waals surface area contributed by atoms with Crippen LogP contribution < -0.4 is 11.5 Å². The van der Waals surface area contributed by atoms with Crippen LogP contribution in [0.25, 0.3) is 10.2 Å². The Balaban J connectivity index is 2.75. The van der Waals surface area contributed by atoms with Crippen LogP contribution in [-0.4, -0.2) is 9.97 Å². The highest BCUT2D eigenvalue weighted by molar-refractivity contribution is 7.18. The fourth-order valence-electron chi connectivity index (χ4n) is 1.18. The van der Waals surface area contributed by atoms with Gasteiger partial charge in [-0.05, 0) is 12.5 Å². The van der Waals surface area contributed by atoms with E-state index in [9.17, 15) is 0 Å². The Morgan fingerprint density at radius 1 is 1.38 bits per heavy atom. The fourth-order valence-corrected chi connectivity index (χ4v) is 2.17. The molecule has 0 atom stereocenters. The summed E-state index contributed by atoms with van der Waals surface area (Å²) in [6.45, 7) is 2.09. The molecule has 2 rings (SSSR count). The van der Waals surface area contributed by atoms with Gasteiger partial charge in [-0.1, -0.05) is 6.92 Å². The molecule has 0 fully saturated rings. The first kappa shape index (κ1) is 8.25. The molecule has 2 aromatic rings. The van der Waals surface area contributed by atoms with Crippen molar-refractivity contribution in [3.8, 4) is 0 Å². The zero-order chi connectivity index (χ0) is 9.42. The van der Waals surface area contributed by atoms with Crippen molar-refractivity contribution in [2.45, 2.75) is 13.3 Å². The average Bonchev–Trinajstić information content (AvgIpc) is 2.47. The van der Waals surface area contributed by atoms with Gasteiger partial charge in [-0.25, -0.2) is 4.98 Å². The maximum Gasteiger partial charge on any atom is 0.223 e. The number of hydrogen-bond donors (Lipinski definition) is 2. The number of nitrogen functional groups attached to an aromatic ring is 2. The minimum Gasteiger partial charge on any atom is -0.383 e. The van der Waals surface area contributed by atoms with Crippen LogP contribution in [0.15, 0.2) is 6.07 Å². The van der Waals surface area contributed by atoms with Gasteiger partial charge in [0.25, 0.3) is 0 Å². The van der Waals surface area contributed by atoms with E-state index in [0.717, 1.165) is 16.6 Å². The van der Waals surface area contributed by atoms with Crippen LogP contribution in [0.4, 0.5) is 11.8 Å². The molecule has 0 aromatic carbocycles. The predicted molar refractivity (Wildman–Crippen MR) is 55.6 cm³/mol. The summed E-state index contributed by atoms with van der Waals surface area (Å²) in [5.41, 5.74) is 11.2. The highest BCUT2D eigenvalue weighted by Gasteiger charge is 2.06. The zero-order valence-electron chi connectivity index (χ0n) is 7.24. The molecule has 0 unspecified atom stereocenters. The third-order valence-electron chi connectivity index (χ3n) is 1.84. The predicted octanol–water partition coefficient (Wildman–Crippen LogP) is 1.42. The van der Waals surface area contributed by atoms with E-state index in [1.165, 1.54) is 4.88 Å². The number of nitrogens with zero attached hydrogens (tertiary/aromatic N) is 2. The molecule has 0 spiro atoms. The second-order valence-corrected chi connectivity index (χ2v) is 3.87. The molecule has 0 radical (unpaired) electrons. The number of nitrogens with two attached hydrogens (primary N) is 2. The quantitative estimate of drug-likeness (QED) is 0.719. The van der Waals surface area contributed by atoms with Crippen molar-refractivity contribution in [2.75, 3.05) is 11.5 Å². The van der Waals surface area contributed by atoms with Gasteiger partial charge in [-0.2, -0.15) is 4.98 Å². The van der Waals surface area contributed by atoms with Crippen molar-refractivity contribution < 1.29 is 0 Å². The molecule has 0 aliphatic carbocycles.